The van der Waals surface area contributed by atoms with Gasteiger partial charge >= 0.3 is 0 Å². The van der Waals surface area contributed by atoms with Crippen molar-refractivity contribution in [2.24, 2.45) is 11.1 Å². The van der Waals surface area contributed by atoms with Gasteiger partial charge in [0.2, 0.25) is 5.91 Å². The van der Waals surface area contributed by atoms with Crippen LogP contribution in [0, 0.1) is 5.41 Å². The Morgan fingerprint density at radius 3 is 2.81 bits per heavy atom. The zero-order chi connectivity index (χ0) is 11.2. The predicted molar refractivity (Wildman–Crippen MR) is 61.9 cm³/mol. The molecule has 0 radical (unpaired) electrons. The lowest BCUT2D eigenvalue weighted by atomic mass is 10.0. The number of carbonyl (C=O) groups excluding carboxylic acids is 1. The lowest BCUT2D eigenvalue weighted by Gasteiger charge is -2.39. The number of fused-ring (bicyclic) bond motifs is 1. The van der Waals surface area contributed by atoms with Crippen molar-refractivity contribution in [1.29, 1.82) is 0 Å². The van der Waals surface area contributed by atoms with Crippen molar-refractivity contribution < 1.29 is 4.79 Å². The first kappa shape index (κ1) is 10.5. The third kappa shape index (κ3) is 1.55. The molecule has 1 unspecified atom stereocenters. The zero-order valence-electron chi connectivity index (χ0n) is 9.82. The molecule has 4 heteroatoms. The normalized spacial score (nSPS) is 32.6. The first-order valence-electron chi connectivity index (χ1n) is 6.49. The number of rotatable bonds is 2. The molecule has 3 aliphatic rings. The minimum atomic E-state index is -0.152. The SMILES string of the molecule is NCC1(C(=O)N2CCN3CCCC3C2)CC1. The highest BCUT2D eigenvalue weighted by Gasteiger charge is 2.51. The van der Waals surface area contributed by atoms with Crippen LogP contribution in [0.25, 0.3) is 0 Å². The molecule has 0 aromatic rings. The summed E-state index contributed by atoms with van der Waals surface area (Å²) in [4.78, 5) is 16.9. The Balaban J connectivity index is 1.65. The van der Waals surface area contributed by atoms with E-state index in [0.29, 0.717) is 18.5 Å². The van der Waals surface area contributed by atoms with Crippen molar-refractivity contribution in [3.05, 3.63) is 0 Å². The fraction of sp³-hybridized carbons (Fsp3) is 0.917. The maximum Gasteiger partial charge on any atom is 0.230 e. The number of hydrogen-bond donors (Lipinski definition) is 1. The minimum absolute atomic E-state index is 0.152. The predicted octanol–water partition coefficient (Wildman–Crippen LogP) is 0.0319. The molecule has 0 aromatic heterocycles. The van der Waals surface area contributed by atoms with Gasteiger partial charge in [0.05, 0.1) is 5.41 Å². The van der Waals surface area contributed by atoms with Gasteiger partial charge in [-0.25, -0.2) is 0 Å². The zero-order valence-corrected chi connectivity index (χ0v) is 9.82. The summed E-state index contributed by atoms with van der Waals surface area (Å²) in [5, 5.41) is 0. The summed E-state index contributed by atoms with van der Waals surface area (Å²) in [5.41, 5.74) is 5.57. The quantitative estimate of drug-likeness (QED) is 0.718. The molecule has 4 nitrogen and oxygen atoms in total. The van der Waals surface area contributed by atoms with Gasteiger partial charge in [-0.15, -0.1) is 0 Å². The van der Waals surface area contributed by atoms with Gasteiger partial charge in [-0.2, -0.15) is 0 Å². The van der Waals surface area contributed by atoms with Crippen LogP contribution < -0.4 is 5.73 Å². The summed E-state index contributed by atoms with van der Waals surface area (Å²) in [7, 11) is 0. The second-order valence-electron chi connectivity index (χ2n) is 5.57. The van der Waals surface area contributed by atoms with Crippen LogP contribution in [0.1, 0.15) is 25.7 Å². The lowest BCUT2D eigenvalue weighted by molar-refractivity contribution is -0.139. The van der Waals surface area contributed by atoms with Crippen LogP contribution >= 0.6 is 0 Å². The van der Waals surface area contributed by atoms with Crippen LogP contribution in [-0.4, -0.2) is 54.5 Å². The Bertz CT molecular complexity index is 301. The number of hydrogen-bond acceptors (Lipinski definition) is 3. The fourth-order valence-electron chi connectivity index (χ4n) is 3.17. The molecule has 1 saturated carbocycles. The molecule has 2 aliphatic heterocycles. The van der Waals surface area contributed by atoms with E-state index < -0.39 is 0 Å². The number of piperazine rings is 1. The monoisotopic (exact) mass is 223 g/mol. The van der Waals surface area contributed by atoms with Gasteiger partial charge in [-0.1, -0.05) is 0 Å². The standard InChI is InChI=1S/C12H21N3O/c13-9-12(3-4-12)11(16)15-7-6-14-5-1-2-10(14)8-15/h10H,1-9,13H2. The molecule has 0 aromatic carbocycles. The summed E-state index contributed by atoms with van der Waals surface area (Å²) < 4.78 is 0. The summed E-state index contributed by atoms with van der Waals surface area (Å²) in [6, 6.07) is 0.631. The number of nitrogens with zero attached hydrogens (tertiary/aromatic N) is 2. The molecular weight excluding hydrogens is 202 g/mol. The van der Waals surface area contributed by atoms with Gasteiger partial charge in [0.25, 0.3) is 0 Å². The van der Waals surface area contributed by atoms with Gasteiger partial charge in [0.15, 0.2) is 0 Å². The molecule has 16 heavy (non-hydrogen) atoms. The molecule has 2 saturated heterocycles. The minimum Gasteiger partial charge on any atom is -0.339 e. The van der Waals surface area contributed by atoms with Gasteiger partial charge < -0.3 is 10.6 Å². The molecule has 90 valence electrons. The van der Waals surface area contributed by atoms with Gasteiger partial charge in [0.1, 0.15) is 0 Å². The average molecular weight is 223 g/mol. The highest BCUT2D eigenvalue weighted by molar-refractivity contribution is 5.85. The molecule has 2 heterocycles. The average Bonchev–Trinajstić information content (AvgIpc) is 2.98. The number of carbonyl (C=O) groups is 1. The maximum absolute atomic E-state index is 12.3. The van der Waals surface area contributed by atoms with E-state index >= 15 is 0 Å². The lowest BCUT2D eigenvalue weighted by Crippen LogP contribution is -2.54. The maximum atomic E-state index is 12.3. The number of nitrogens with two attached hydrogens (primary N) is 1. The Kier molecular flexibility index (Phi) is 2.44. The van der Waals surface area contributed by atoms with Crippen molar-refractivity contribution in [2.75, 3.05) is 32.7 Å². The van der Waals surface area contributed by atoms with Crippen LogP contribution in [0.4, 0.5) is 0 Å². The van der Waals surface area contributed by atoms with Crippen molar-refractivity contribution in [2.45, 2.75) is 31.7 Å². The molecule has 1 atom stereocenters. The molecule has 3 rings (SSSR count). The van der Waals surface area contributed by atoms with Crippen molar-refractivity contribution in [3.8, 4) is 0 Å². The van der Waals surface area contributed by atoms with Crippen LogP contribution in [0.3, 0.4) is 0 Å². The Morgan fingerprint density at radius 1 is 1.31 bits per heavy atom. The van der Waals surface area contributed by atoms with E-state index in [0.717, 1.165) is 32.5 Å². The summed E-state index contributed by atoms with van der Waals surface area (Å²) >= 11 is 0. The summed E-state index contributed by atoms with van der Waals surface area (Å²) in [6.45, 7) is 4.69. The van der Waals surface area contributed by atoms with Gasteiger partial charge in [-0.05, 0) is 32.2 Å². The molecule has 3 fully saturated rings. The smallest absolute Gasteiger partial charge is 0.230 e. The highest BCUT2D eigenvalue weighted by atomic mass is 16.2. The molecule has 1 aliphatic carbocycles. The second-order valence-corrected chi connectivity index (χ2v) is 5.57. The van der Waals surface area contributed by atoms with Crippen LogP contribution in [0.15, 0.2) is 0 Å². The van der Waals surface area contributed by atoms with Gasteiger partial charge in [0, 0.05) is 32.2 Å². The second kappa shape index (κ2) is 3.70. The Morgan fingerprint density at radius 2 is 2.12 bits per heavy atom. The van der Waals surface area contributed by atoms with E-state index in [4.69, 9.17) is 5.73 Å². The van der Waals surface area contributed by atoms with Crippen molar-refractivity contribution >= 4 is 5.91 Å². The molecule has 0 spiro atoms. The molecular formula is C12H21N3O. The molecule has 1 amide bonds. The van der Waals surface area contributed by atoms with E-state index in [2.05, 4.69) is 9.80 Å². The van der Waals surface area contributed by atoms with Crippen LogP contribution in [-0.2, 0) is 4.79 Å². The molecule has 0 bridgehead atoms. The fourth-order valence-corrected chi connectivity index (χ4v) is 3.17. The third-order valence-corrected chi connectivity index (χ3v) is 4.57. The first-order valence-corrected chi connectivity index (χ1v) is 6.49. The Hall–Kier alpha value is -0.610. The highest BCUT2D eigenvalue weighted by Crippen LogP contribution is 2.46. The molecule has 2 N–H and O–H groups in total. The van der Waals surface area contributed by atoms with Crippen molar-refractivity contribution in [1.82, 2.24) is 9.80 Å². The topological polar surface area (TPSA) is 49.6 Å². The van der Waals surface area contributed by atoms with E-state index in [-0.39, 0.29) is 5.41 Å². The van der Waals surface area contributed by atoms with Gasteiger partial charge in [-0.3, -0.25) is 9.69 Å². The van der Waals surface area contributed by atoms with E-state index in [9.17, 15) is 4.79 Å². The summed E-state index contributed by atoms with van der Waals surface area (Å²) in [5.74, 6) is 0.335. The largest absolute Gasteiger partial charge is 0.339 e. The summed E-state index contributed by atoms with van der Waals surface area (Å²) in [6.07, 6.45) is 4.58. The Labute approximate surface area is 96.8 Å². The van der Waals surface area contributed by atoms with E-state index in [1.54, 1.807) is 0 Å². The van der Waals surface area contributed by atoms with E-state index in [1.807, 2.05) is 0 Å². The van der Waals surface area contributed by atoms with E-state index in [1.165, 1.54) is 19.4 Å². The number of amides is 1. The van der Waals surface area contributed by atoms with Crippen molar-refractivity contribution in [3.63, 3.8) is 0 Å². The van der Waals surface area contributed by atoms with Crippen LogP contribution in [0.5, 0.6) is 0 Å². The third-order valence-electron chi connectivity index (χ3n) is 4.57. The first-order chi connectivity index (χ1) is 7.75. The van der Waals surface area contributed by atoms with Crippen LogP contribution in [0.2, 0.25) is 0 Å².